The van der Waals surface area contributed by atoms with Crippen LogP contribution in [-0.2, 0) is 32.1 Å². The van der Waals surface area contributed by atoms with Gasteiger partial charge >= 0.3 is 0 Å². The van der Waals surface area contributed by atoms with Crippen LogP contribution in [-0.4, -0.2) is 82.7 Å². The Morgan fingerprint density at radius 1 is 0.980 bits per heavy atom. The maximum Gasteiger partial charge on any atom is 0.253 e. The van der Waals surface area contributed by atoms with Crippen molar-refractivity contribution in [1.29, 1.82) is 0 Å². The van der Waals surface area contributed by atoms with Gasteiger partial charge in [-0.05, 0) is 61.1 Å². The molecule has 262 valence electrons. The average Bonchev–Trinajstić information content (AvgIpc) is 3.65. The van der Waals surface area contributed by atoms with Crippen LogP contribution in [0, 0.1) is 17.8 Å². The smallest absolute Gasteiger partial charge is 0.253 e. The number of carbonyl (C=O) groups is 3. The molecular weight excluding hydrogens is 630 g/mol. The second-order valence-electron chi connectivity index (χ2n) is 13.9. The summed E-state index contributed by atoms with van der Waals surface area (Å²) in [5.41, 5.74) is 0.165. The number of methoxy groups -OCH3 is 1. The summed E-state index contributed by atoms with van der Waals surface area (Å²) in [4.78, 5) is 50.0. The molecule has 9 nitrogen and oxygen atoms in total. The van der Waals surface area contributed by atoms with Crippen LogP contribution in [0.1, 0.15) is 31.4 Å². The van der Waals surface area contributed by atoms with E-state index in [0.29, 0.717) is 30.8 Å². The maximum atomic E-state index is 15.2. The molecule has 0 aromatic heterocycles. The van der Waals surface area contributed by atoms with E-state index < -0.39 is 35.1 Å². The van der Waals surface area contributed by atoms with Crippen LogP contribution in [0.2, 0.25) is 0 Å². The molecule has 3 aliphatic heterocycles. The predicted octanol–water partition coefficient (Wildman–Crippen LogP) is 5.04. The van der Waals surface area contributed by atoms with Crippen molar-refractivity contribution in [2.45, 2.75) is 56.5 Å². The molecule has 0 aliphatic carbocycles. The van der Waals surface area contributed by atoms with Crippen LogP contribution in [0.25, 0.3) is 0 Å². The first-order valence-electron chi connectivity index (χ1n) is 17.3. The highest BCUT2D eigenvalue weighted by Crippen LogP contribution is 2.66. The van der Waals surface area contributed by atoms with Crippen molar-refractivity contribution in [2.24, 2.45) is 17.8 Å². The molecule has 2 bridgehead atoms. The largest absolute Gasteiger partial charge is 0.497 e. The van der Waals surface area contributed by atoms with E-state index in [-0.39, 0.29) is 43.3 Å². The van der Waals surface area contributed by atoms with Gasteiger partial charge in [-0.25, -0.2) is 0 Å². The number of anilines is 1. The zero-order valence-electron chi connectivity index (χ0n) is 29.1. The van der Waals surface area contributed by atoms with Crippen molar-refractivity contribution in [2.75, 3.05) is 31.7 Å². The molecule has 7 atom stereocenters. The van der Waals surface area contributed by atoms with E-state index >= 15 is 9.59 Å². The molecule has 9 heteroatoms. The van der Waals surface area contributed by atoms with Gasteiger partial charge in [-0.3, -0.25) is 14.4 Å². The van der Waals surface area contributed by atoms with E-state index in [9.17, 15) is 9.90 Å². The van der Waals surface area contributed by atoms with Gasteiger partial charge in [0, 0.05) is 25.3 Å². The molecule has 0 saturated carbocycles. The molecule has 3 unspecified atom stereocenters. The molecule has 50 heavy (non-hydrogen) atoms. The molecule has 3 aliphatic rings. The van der Waals surface area contributed by atoms with Gasteiger partial charge in [0.1, 0.15) is 17.4 Å². The van der Waals surface area contributed by atoms with E-state index in [0.717, 1.165) is 11.1 Å². The van der Waals surface area contributed by atoms with E-state index in [4.69, 9.17) is 9.47 Å². The average molecular weight is 678 g/mol. The standard InChI is InChI=1S/C41H47N3O6/c1-6-22-42(26-30-16-12-9-13-17-30)37(46)34-35-38(47)44(32(27-45)24-29-14-10-8-11-15-29)36(41(35)25-28(3)40(34,4)50-41)39(48)43(23-7-2)31-18-20-33(49-5)21-19-31/h6-21,28,32,34-36,45H,1-2,22-27H2,3-5H3/t28?,32-,34-,35+,36?,40+,41?/m1/s1. The Morgan fingerprint density at radius 3 is 2.18 bits per heavy atom. The molecular formula is C41H47N3O6. The first kappa shape index (κ1) is 35.1. The lowest BCUT2D eigenvalue weighted by Gasteiger charge is -2.39. The van der Waals surface area contributed by atoms with Gasteiger partial charge in [0.25, 0.3) is 5.91 Å². The molecule has 3 aromatic carbocycles. The lowest BCUT2D eigenvalue weighted by molar-refractivity contribution is -0.154. The third-order valence-electron chi connectivity index (χ3n) is 11.0. The fourth-order valence-electron chi connectivity index (χ4n) is 8.61. The summed E-state index contributed by atoms with van der Waals surface area (Å²) < 4.78 is 12.4. The van der Waals surface area contributed by atoms with Crippen LogP contribution in [0.4, 0.5) is 5.69 Å². The maximum absolute atomic E-state index is 15.2. The van der Waals surface area contributed by atoms with Crippen LogP contribution >= 0.6 is 0 Å². The van der Waals surface area contributed by atoms with Crippen molar-refractivity contribution < 1.29 is 29.0 Å². The summed E-state index contributed by atoms with van der Waals surface area (Å²) in [6.45, 7) is 12.2. The Hall–Kier alpha value is -4.73. The third-order valence-corrected chi connectivity index (χ3v) is 11.0. The molecule has 3 amide bonds. The highest BCUT2D eigenvalue weighted by Gasteiger charge is 2.80. The monoisotopic (exact) mass is 677 g/mol. The van der Waals surface area contributed by atoms with Crippen molar-refractivity contribution in [1.82, 2.24) is 9.80 Å². The van der Waals surface area contributed by atoms with E-state index in [1.54, 1.807) is 58.2 Å². The lowest BCUT2D eigenvalue weighted by atomic mass is 9.62. The van der Waals surface area contributed by atoms with Crippen molar-refractivity contribution in [3.8, 4) is 5.75 Å². The number of aliphatic hydroxyl groups is 1. The van der Waals surface area contributed by atoms with Gasteiger partial charge in [-0.1, -0.05) is 79.7 Å². The molecule has 3 aromatic rings. The fraction of sp³-hybridized carbons (Fsp3) is 0.390. The normalized spacial score (nSPS) is 27.0. The number of rotatable bonds is 14. The summed E-state index contributed by atoms with van der Waals surface area (Å²) in [7, 11) is 1.58. The number of likely N-dealkylation sites (tertiary alicyclic amines) is 1. The molecule has 1 N–H and O–H groups in total. The molecule has 0 radical (unpaired) electrons. The number of ether oxygens (including phenoxy) is 2. The minimum absolute atomic E-state index is 0.145. The summed E-state index contributed by atoms with van der Waals surface area (Å²) in [6, 6.07) is 24.6. The number of aliphatic hydroxyl groups excluding tert-OH is 1. The molecule has 6 rings (SSSR count). The first-order chi connectivity index (χ1) is 24.1. The van der Waals surface area contributed by atoms with Crippen LogP contribution in [0.15, 0.2) is 110 Å². The minimum atomic E-state index is -1.30. The number of hydrogen-bond acceptors (Lipinski definition) is 6. The van der Waals surface area contributed by atoms with E-state index in [1.165, 1.54) is 0 Å². The number of carbonyl (C=O) groups excluding carboxylic acids is 3. The Morgan fingerprint density at radius 2 is 1.60 bits per heavy atom. The zero-order valence-corrected chi connectivity index (χ0v) is 29.1. The summed E-state index contributed by atoms with van der Waals surface area (Å²) in [6.07, 6.45) is 4.06. The Balaban J connectivity index is 1.47. The second kappa shape index (κ2) is 14.2. The quantitative estimate of drug-likeness (QED) is 0.240. The number of benzene rings is 3. The van der Waals surface area contributed by atoms with Crippen molar-refractivity contribution >= 4 is 23.4 Å². The first-order valence-corrected chi connectivity index (χ1v) is 17.3. The highest BCUT2D eigenvalue weighted by molar-refractivity contribution is 6.05. The number of nitrogens with zero attached hydrogens (tertiary/aromatic N) is 3. The minimum Gasteiger partial charge on any atom is -0.497 e. The fourth-order valence-corrected chi connectivity index (χ4v) is 8.61. The van der Waals surface area contributed by atoms with Crippen LogP contribution in [0.5, 0.6) is 5.75 Å². The summed E-state index contributed by atoms with van der Waals surface area (Å²) >= 11 is 0. The number of amides is 3. The van der Waals surface area contributed by atoms with Crippen LogP contribution in [0.3, 0.4) is 0 Å². The molecule has 3 saturated heterocycles. The van der Waals surface area contributed by atoms with Gasteiger partial charge in [0.05, 0.1) is 37.2 Å². The molecule has 3 fully saturated rings. The van der Waals surface area contributed by atoms with E-state index in [2.05, 4.69) is 13.2 Å². The number of fused-ring (bicyclic) bond motifs is 1. The lowest BCUT2D eigenvalue weighted by Crippen LogP contribution is -2.59. The van der Waals surface area contributed by atoms with Crippen molar-refractivity contribution in [3.05, 3.63) is 121 Å². The van der Waals surface area contributed by atoms with Gasteiger partial charge < -0.3 is 29.3 Å². The van der Waals surface area contributed by atoms with Crippen LogP contribution < -0.4 is 9.64 Å². The van der Waals surface area contributed by atoms with Gasteiger partial charge in [0.15, 0.2) is 0 Å². The van der Waals surface area contributed by atoms with E-state index in [1.807, 2.05) is 74.5 Å². The topological polar surface area (TPSA) is 99.6 Å². The number of hydrogen-bond donors (Lipinski definition) is 1. The Bertz CT molecular complexity index is 1720. The third kappa shape index (κ3) is 5.92. The zero-order chi connectivity index (χ0) is 35.6. The highest BCUT2D eigenvalue weighted by atomic mass is 16.5. The second-order valence-corrected chi connectivity index (χ2v) is 13.9. The summed E-state index contributed by atoms with van der Waals surface area (Å²) in [5, 5.41) is 10.9. The SMILES string of the molecule is C=CCN(Cc1ccccc1)C(=O)[C@H]1[C@H]2C(=O)N([C@@H](CO)Cc3ccccc3)C(C(=O)N(CC=C)c3ccc(OC)cc3)C23CC(C)[C@]1(C)O3. The molecule has 3 heterocycles. The van der Waals surface area contributed by atoms with Crippen molar-refractivity contribution in [3.63, 3.8) is 0 Å². The Labute approximate surface area is 294 Å². The molecule has 1 spiro atoms. The van der Waals surface area contributed by atoms with Gasteiger partial charge in [-0.2, -0.15) is 0 Å². The Kier molecular flexibility index (Phi) is 10.0. The van der Waals surface area contributed by atoms with Gasteiger partial charge in [0.2, 0.25) is 11.8 Å². The summed E-state index contributed by atoms with van der Waals surface area (Å²) in [5.74, 6) is -2.20. The predicted molar refractivity (Wildman–Crippen MR) is 192 cm³/mol. The van der Waals surface area contributed by atoms with Gasteiger partial charge in [-0.15, -0.1) is 13.2 Å².